The smallest absolute Gasteiger partial charge is 0.379 e. The molecule has 170 valence electrons. The molecule has 1 amide bonds. The lowest BCUT2D eigenvalue weighted by Gasteiger charge is -2.13. The zero-order valence-electron chi connectivity index (χ0n) is 18.4. The minimum absolute atomic E-state index is 0.147. The number of carbonyl (C=O) groups excluding carboxylic acids is 2. The van der Waals surface area contributed by atoms with Gasteiger partial charge in [0.25, 0.3) is 5.91 Å². The van der Waals surface area contributed by atoms with Crippen molar-refractivity contribution in [2.24, 2.45) is 5.10 Å². The number of aryl methyl sites for hydroxylation is 1. The van der Waals surface area contributed by atoms with Crippen LogP contribution in [0.3, 0.4) is 0 Å². The maximum Gasteiger partial charge on any atom is 0.379 e. The van der Waals surface area contributed by atoms with E-state index in [9.17, 15) is 9.59 Å². The molecule has 0 saturated carbocycles. The number of amides is 1. The molecule has 0 unspecified atom stereocenters. The van der Waals surface area contributed by atoms with E-state index in [0.29, 0.717) is 46.2 Å². The van der Waals surface area contributed by atoms with Gasteiger partial charge in [0.1, 0.15) is 11.5 Å². The number of halogens is 1. The maximum absolute atomic E-state index is 12.9. The molecule has 3 aromatic carbocycles. The molecular formula is C27H21ClN2O4. The molecule has 4 aromatic rings. The number of carbonyl (C=O) groups is 2. The Labute approximate surface area is 201 Å². The van der Waals surface area contributed by atoms with Crippen molar-refractivity contribution in [3.63, 3.8) is 0 Å². The summed E-state index contributed by atoms with van der Waals surface area (Å²) in [6, 6.07) is 20.0. The molecule has 0 spiro atoms. The number of nitrogens with zero attached hydrogens (tertiary/aromatic N) is 1. The molecule has 0 aliphatic heterocycles. The SMILES string of the molecule is Cc1c(C(=O)Oc2ccc3ccccc3c2)oc2c1/C(=N/NC(=O)c1cccc(Cl)c1)CCC2. The summed E-state index contributed by atoms with van der Waals surface area (Å²) < 4.78 is 11.5. The molecule has 5 rings (SSSR count). The number of furan rings is 1. The van der Waals surface area contributed by atoms with Gasteiger partial charge in [-0.2, -0.15) is 5.10 Å². The Balaban J connectivity index is 1.38. The fourth-order valence-corrected chi connectivity index (χ4v) is 4.36. The van der Waals surface area contributed by atoms with Crippen LogP contribution in [0.2, 0.25) is 5.02 Å². The highest BCUT2D eigenvalue weighted by molar-refractivity contribution is 6.31. The van der Waals surface area contributed by atoms with Crippen molar-refractivity contribution in [3.05, 3.63) is 100.0 Å². The van der Waals surface area contributed by atoms with E-state index in [1.807, 2.05) is 36.4 Å². The molecule has 0 saturated heterocycles. The van der Waals surface area contributed by atoms with Gasteiger partial charge in [0.15, 0.2) is 0 Å². The molecule has 0 atom stereocenters. The Bertz CT molecular complexity index is 1450. The first-order valence-electron chi connectivity index (χ1n) is 11.0. The Morgan fingerprint density at radius 2 is 1.82 bits per heavy atom. The molecule has 7 heteroatoms. The Morgan fingerprint density at radius 1 is 1.00 bits per heavy atom. The minimum atomic E-state index is -0.565. The van der Waals surface area contributed by atoms with Crippen LogP contribution in [0.25, 0.3) is 10.8 Å². The zero-order chi connectivity index (χ0) is 23.7. The van der Waals surface area contributed by atoms with Crippen LogP contribution >= 0.6 is 11.6 Å². The number of hydrogen-bond acceptors (Lipinski definition) is 5. The van der Waals surface area contributed by atoms with E-state index in [-0.39, 0.29) is 11.7 Å². The second-order valence-electron chi connectivity index (χ2n) is 8.12. The number of fused-ring (bicyclic) bond motifs is 2. The number of benzene rings is 3. The van der Waals surface area contributed by atoms with Crippen molar-refractivity contribution in [2.75, 3.05) is 0 Å². The minimum Gasteiger partial charge on any atom is -0.453 e. The number of ether oxygens (including phenoxy) is 1. The van der Waals surface area contributed by atoms with Crippen LogP contribution in [0.5, 0.6) is 5.75 Å². The van der Waals surface area contributed by atoms with Crippen LogP contribution < -0.4 is 10.2 Å². The average Bonchev–Trinajstić information content (AvgIpc) is 3.19. The summed E-state index contributed by atoms with van der Waals surface area (Å²) >= 11 is 5.97. The van der Waals surface area contributed by atoms with Gasteiger partial charge in [-0.1, -0.05) is 48.0 Å². The Hall–Kier alpha value is -3.90. The standard InChI is InChI=1S/C27H21ClN2O4/c1-16-24-22(29-30-26(31)19-8-4-9-20(28)14-19)10-5-11-23(24)34-25(16)27(32)33-21-13-12-17-6-2-3-7-18(17)15-21/h2-4,6-9,12-15H,5,10-11H2,1H3,(H,30,31)/b29-22+. The van der Waals surface area contributed by atoms with Crippen LogP contribution in [-0.4, -0.2) is 17.6 Å². The molecule has 0 bridgehead atoms. The van der Waals surface area contributed by atoms with Crippen LogP contribution in [0, 0.1) is 6.92 Å². The van der Waals surface area contributed by atoms with E-state index in [1.165, 1.54) is 0 Å². The van der Waals surface area contributed by atoms with Crippen LogP contribution in [0.15, 0.2) is 76.2 Å². The van der Waals surface area contributed by atoms with E-state index in [4.69, 9.17) is 20.8 Å². The predicted octanol–water partition coefficient (Wildman–Crippen LogP) is 6.08. The molecular weight excluding hydrogens is 452 g/mol. The third-order valence-electron chi connectivity index (χ3n) is 5.82. The monoisotopic (exact) mass is 472 g/mol. The van der Waals surface area contributed by atoms with Crippen LogP contribution in [0.4, 0.5) is 0 Å². The predicted molar refractivity (Wildman–Crippen MR) is 131 cm³/mol. The normalized spacial score (nSPS) is 14.1. The lowest BCUT2D eigenvalue weighted by molar-refractivity contribution is 0.0698. The quantitative estimate of drug-likeness (QED) is 0.221. The molecule has 1 N–H and O–H groups in total. The summed E-state index contributed by atoms with van der Waals surface area (Å²) in [5, 5.41) is 6.86. The second kappa shape index (κ2) is 9.15. The Kier molecular flexibility index (Phi) is 5.90. The number of esters is 1. The highest BCUT2D eigenvalue weighted by Crippen LogP contribution is 2.31. The number of nitrogens with one attached hydrogen (secondary N) is 1. The summed E-state index contributed by atoms with van der Waals surface area (Å²) in [4.78, 5) is 25.4. The van der Waals surface area contributed by atoms with Gasteiger partial charge in [0.2, 0.25) is 5.76 Å². The third kappa shape index (κ3) is 4.32. The van der Waals surface area contributed by atoms with E-state index >= 15 is 0 Å². The summed E-state index contributed by atoms with van der Waals surface area (Å²) in [6.45, 7) is 1.80. The van der Waals surface area contributed by atoms with Gasteiger partial charge in [-0.05, 0) is 60.9 Å². The Morgan fingerprint density at radius 3 is 2.65 bits per heavy atom. The zero-order valence-corrected chi connectivity index (χ0v) is 19.2. The van der Waals surface area contributed by atoms with Gasteiger partial charge in [0.05, 0.1) is 5.71 Å². The number of rotatable bonds is 4. The summed E-state index contributed by atoms with van der Waals surface area (Å²) in [5.74, 6) is 0.336. The van der Waals surface area contributed by atoms with Crippen molar-refractivity contribution in [1.29, 1.82) is 0 Å². The molecule has 1 aliphatic carbocycles. The van der Waals surface area contributed by atoms with Crippen molar-refractivity contribution in [2.45, 2.75) is 26.2 Å². The van der Waals surface area contributed by atoms with Gasteiger partial charge in [0, 0.05) is 28.1 Å². The first kappa shape index (κ1) is 21.9. The average molecular weight is 473 g/mol. The highest BCUT2D eigenvalue weighted by atomic mass is 35.5. The summed E-state index contributed by atoms with van der Waals surface area (Å²) in [7, 11) is 0. The lowest BCUT2D eigenvalue weighted by Crippen LogP contribution is -2.22. The maximum atomic E-state index is 12.9. The van der Waals surface area contributed by atoms with Crippen molar-refractivity contribution < 1.29 is 18.7 Å². The molecule has 0 radical (unpaired) electrons. The van der Waals surface area contributed by atoms with Gasteiger partial charge in [-0.3, -0.25) is 4.79 Å². The molecule has 34 heavy (non-hydrogen) atoms. The first-order valence-corrected chi connectivity index (χ1v) is 11.3. The fraction of sp³-hybridized carbons (Fsp3) is 0.148. The molecule has 0 fully saturated rings. The largest absolute Gasteiger partial charge is 0.453 e. The van der Waals surface area contributed by atoms with Gasteiger partial charge >= 0.3 is 5.97 Å². The van der Waals surface area contributed by atoms with E-state index < -0.39 is 5.97 Å². The second-order valence-corrected chi connectivity index (χ2v) is 8.55. The lowest BCUT2D eigenvalue weighted by atomic mass is 9.93. The highest BCUT2D eigenvalue weighted by Gasteiger charge is 2.29. The number of hydrogen-bond donors (Lipinski definition) is 1. The first-order chi connectivity index (χ1) is 16.5. The van der Waals surface area contributed by atoms with Crippen LogP contribution in [0.1, 0.15) is 50.6 Å². The van der Waals surface area contributed by atoms with Gasteiger partial charge in [-0.15, -0.1) is 0 Å². The van der Waals surface area contributed by atoms with Crippen molar-refractivity contribution in [3.8, 4) is 5.75 Å². The molecule has 1 heterocycles. The summed E-state index contributed by atoms with van der Waals surface area (Å²) in [6.07, 6.45) is 2.13. The topological polar surface area (TPSA) is 80.9 Å². The van der Waals surface area contributed by atoms with E-state index in [1.54, 1.807) is 37.3 Å². The molecule has 6 nitrogen and oxygen atoms in total. The summed E-state index contributed by atoms with van der Waals surface area (Å²) in [5.41, 5.74) is 5.08. The third-order valence-corrected chi connectivity index (χ3v) is 6.06. The van der Waals surface area contributed by atoms with Gasteiger partial charge < -0.3 is 9.15 Å². The van der Waals surface area contributed by atoms with E-state index in [0.717, 1.165) is 22.8 Å². The number of hydrazone groups is 1. The van der Waals surface area contributed by atoms with Crippen molar-refractivity contribution in [1.82, 2.24) is 5.43 Å². The van der Waals surface area contributed by atoms with Crippen molar-refractivity contribution >= 4 is 40.0 Å². The molecule has 1 aliphatic rings. The molecule has 1 aromatic heterocycles. The van der Waals surface area contributed by atoms with E-state index in [2.05, 4.69) is 10.5 Å². The van der Waals surface area contributed by atoms with Crippen LogP contribution in [-0.2, 0) is 6.42 Å². The fourth-order valence-electron chi connectivity index (χ4n) is 4.17. The van der Waals surface area contributed by atoms with Gasteiger partial charge in [-0.25, -0.2) is 10.2 Å².